The van der Waals surface area contributed by atoms with E-state index in [0.717, 1.165) is 21.3 Å². The lowest BCUT2D eigenvalue weighted by Crippen LogP contribution is -2.02. The van der Waals surface area contributed by atoms with Crippen LogP contribution in [0.3, 0.4) is 0 Å². The van der Waals surface area contributed by atoms with Crippen molar-refractivity contribution in [2.24, 2.45) is 0 Å². The molecule has 21 heavy (non-hydrogen) atoms. The van der Waals surface area contributed by atoms with E-state index in [-0.39, 0.29) is 0 Å². The van der Waals surface area contributed by atoms with Gasteiger partial charge in [0.1, 0.15) is 9.98 Å². The van der Waals surface area contributed by atoms with Crippen LogP contribution in [-0.4, -0.2) is 16.5 Å². The summed E-state index contributed by atoms with van der Waals surface area (Å²) in [6, 6.07) is 8.37. The van der Waals surface area contributed by atoms with Crippen LogP contribution in [0.25, 0.3) is 21.3 Å². The van der Waals surface area contributed by atoms with E-state index in [1.807, 2.05) is 0 Å². The summed E-state index contributed by atoms with van der Waals surface area (Å²) in [5.41, 5.74) is 3.44. The summed E-state index contributed by atoms with van der Waals surface area (Å²) in [6.07, 6.45) is 1.76. The van der Waals surface area contributed by atoms with Gasteiger partial charge < -0.3 is 5.32 Å². The fraction of sp³-hybridized carbons (Fsp3) is 0.125. The number of fused-ring (bicyclic) bond motifs is 1. The maximum absolute atomic E-state index is 6.36. The van der Waals surface area contributed by atoms with Gasteiger partial charge in [-0.2, -0.15) is 0 Å². The van der Waals surface area contributed by atoms with Gasteiger partial charge in [0, 0.05) is 17.5 Å². The molecule has 1 N–H and O–H groups in total. The summed E-state index contributed by atoms with van der Waals surface area (Å²) in [6.45, 7) is 6.34. The van der Waals surface area contributed by atoms with Gasteiger partial charge in [0.25, 0.3) is 0 Å². The highest BCUT2D eigenvalue weighted by atomic mass is 35.5. The minimum atomic E-state index is 0.475. The fourth-order valence-electron chi connectivity index (χ4n) is 2.09. The Morgan fingerprint density at radius 1 is 1.29 bits per heavy atom. The number of hydrogen-bond acceptors (Lipinski definition) is 4. The molecule has 0 amide bonds. The van der Waals surface area contributed by atoms with Crippen molar-refractivity contribution in [1.82, 2.24) is 9.97 Å². The minimum absolute atomic E-state index is 0.475. The molecule has 106 valence electrons. The summed E-state index contributed by atoms with van der Waals surface area (Å²) in [7, 11) is 0. The highest BCUT2D eigenvalue weighted by Crippen LogP contribution is 2.37. The van der Waals surface area contributed by atoms with Crippen molar-refractivity contribution >= 4 is 39.1 Å². The highest BCUT2D eigenvalue weighted by Gasteiger charge is 2.13. The Labute approximate surface area is 132 Å². The number of benzene rings is 1. The Balaban J connectivity index is 2.09. The van der Waals surface area contributed by atoms with E-state index in [2.05, 4.69) is 58.4 Å². The van der Waals surface area contributed by atoms with E-state index in [1.165, 1.54) is 5.56 Å². The van der Waals surface area contributed by atoms with Crippen molar-refractivity contribution in [2.45, 2.75) is 6.92 Å². The zero-order valence-corrected chi connectivity index (χ0v) is 13.1. The van der Waals surface area contributed by atoms with Gasteiger partial charge in [0.2, 0.25) is 5.95 Å². The lowest BCUT2D eigenvalue weighted by atomic mass is 10.1. The van der Waals surface area contributed by atoms with Gasteiger partial charge in [-0.1, -0.05) is 47.5 Å². The summed E-state index contributed by atoms with van der Waals surface area (Å²) >= 11 is 7.93. The maximum atomic E-state index is 6.36. The maximum Gasteiger partial charge on any atom is 0.225 e. The SMILES string of the molecule is C=CCNc1nc(Cl)c2c(-c3ccc(C)cc3)csc2n1. The van der Waals surface area contributed by atoms with Crippen LogP contribution in [0, 0.1) is 6.92 Å². The quantitative estimate of drug-likeness (QED) is 0.548. The lowest BCUT2D eigenvalue weighted by Gasteiger charge is -2.05. The number of anilines is 1. The van der Waals surface area contributed by atoms with Crippen molar-refractivity contribution in [3.8, 4) is 11.1 Å². The lowest BCUT2D eigenvalue weighted by molar-refractivity contribution is 1.16. The average molecular weight is 316 g/mol. The molecule has 3 aromatic rings. The number of aromatic nitrogens is 2. The zero-order valence-electron chi connectivity index (χ0n) is 11.6. The van der Waals surface area contributed by atoms with Crippen LogP contribution < -0.4 is 5.32 Å². The summed E-state index contributed by atoms with van der Waals surface area (Å²) in [4.78, 5) is 9.70. The monoisotopic (exact) mass is 315 g/mol. The third-order valence-corrected chi connectivity index (χ3v) is 4.30. The van der Waals surface area contributed by atoms with Gasteiger partial charge in [0.05, 0.1) is 5.39 Å². The molecule has 0 saturated heterocycles. The first-order valence-corrected chi connectivity index (χ1v) is 7.81. The van der Waals surface area contributed by atoms with Gasteiger partial charge in [-0.25, -0.2) is 9.97 Å². The number of halogens is 1. The molecular formula is C16H14ClN3S. The molecule has 3 rings (SSSR count). The predicted octanol–water partition coefficient (Wildman–Crippen LogP) is 4.92. The molecule has 0 aliphatic heterocycles. The van der Waals surface area contributed by atoms with Crippen LogP contribution in [-0.2, 0) is 0 Å². The topological polar surface area (TPSA) is 37.8 Å². The van der Waals surface area contributed by atoms with E-state index < -0.39 is 0 Å². The van der Waals surface area contributed by atoms with Crippen LogP contribution in [0.2, 0.25) is 5.15 Å². The molecule has 0 saturated carbocycles. The first-order valence-electron chi connectivity index (χ1n) is 6.55. The number of nitrogens with one attached hydrogen (secondary N) is 1. The molecule has 0 aliphatic rings. The number of hydrogen-bond donors (Lipinski definition) is 1. The van der Waals surface area contributed by atoms with Gasteiger partial charge >= 0.3 is 0 Å². The average Bonchev–Trinajstić information content (AvgIpc) is 2.90. The Kier molecular flexibility index (Phi) is 3.90. The first kappa shape index (κ1) is 14.0. The molecular weight excluding hydrogens is 302 g/mol. The molecule has 5 heteroatoms. The smallest absolute Gasteiger partial charge is 0.225 e. The number of aryl methyl sites for hydroxylation is 1. The number of nitrogens with zero attached hydrogens (tertiary/aromatic N) is 2. The van der Waals surface area contributed by atoms with E-state index >= 15 is 0 Å². The Morgan fingerprint density at radius 2 is 2.05 bits per heavy atom. The molecule has 0 radical (unpaired) electrons. The van der Waals surface area contributed by atoms with Gasteiger partial charge in [-0.3, -0.25) is 0 Å². The number of rotatable bonds is 4. The second kappa shape index (κ2) is 5.84. The van der Waals surface area contributed by atoms with Crippen LogP contribution in [0.1, 0.15) is 5.56 Å². The molecule has 0 unspecified atom stereocenters. The van der Waals surface area contributed by atoms with Crippen molar-refractivity contribution in [3.63, 3.8) is 0 Å². The van der Waals surface area contributed by atoms with Crippen molar-refractivity contribution in [2.75, 3.05) is 11.9 Å². The summed E-state index contributed by atoms with van der Waals surface area (Å²) in [5.74, 6) is 0.532. The molecule has 3 nitrogen and oxygen atoms in total. The predicted molar refractivity (Wildman–Crippen MR) is 91.3 cm³/mol. The zero-order chi connectivity index (χ0) is 14.8. The summed E-state index contributed by atoms with van der Waals surface area (Å²) < 4.78 is 0. The summed E-state index contributed by atoms with van der Waals surface area (Å²) in [5, 5.41) is 6.53. The van der Waals surface area contributed by atoms with Gasteiger partial charge in [-0.15, -0.1) is 17.9 Å². The Morgan fingerprint density at radius 3 is 2.76 bits per heavy atom. The second-order valence-corrected chi connectivity index (χ2v) is 5.92. The van der Waals surface area contributed by atoms with Gasteiger partial charge in [-0.05, 0) is 12.5 Å². The molecule has 0 bridgehead atoms. The molecule has 0 spiro atoms. The Bertz CT molecular complexity index is 793. The molecule has 0 aliphatic carbocycles. The molecule has 2 heterocycles. The van der Waals surface area contributed by atoms with Gasteiger partial charge in [0.15, 0.2) is 0 Å². The highest BCUT2D eigenvalue weighted by molar-refractivity contribution is 7.17. The van der Waals surface area contributed by atoms with Crippen LogP contribution in [0.4, 0.5) is 5.95 Å². The standard InChI is InChI=1S/C16H14ClN3S/c1-3-8-18-16-19-14(17)13-12(9-21-15(13)20-16)11-6-4-10(2)5-7-11/h3-7,9H,1,8H2,2H3,(H,18,19,20). The third kappa shape index (κ3) is 2.77. The van der Waals surface area contributed by atoms with E-state index in [0.29, 0.717) is 17.6 Å². The first-order chi connectivity index (χ1) is 10.2. The molecule has 2 aromatic heterocycles. The van der Waals surface area contributed by atoms with Crippen molar-refractivity contribution in [1.29, 1.82) is 0 Å². The molecule has 0 atom stereocenters. The van der Waals surface area contributed by atoms with Crippen molar-refractivity contribution in [3.05, 3.63) is 53.0 Å². The third-order valence-electron chi connectivity index (χ3n) is 3.16. The van der Waals surface area contributed by atoms with Crippen molar-refractivity contribution < 1.29 is 0 Å². The van der Waals surface area contributed by atoms with E-state index in [4.69, 9.17) is 11.6 Å². The fourth-order valence-corrected chi connectivity index (χ4v) is 3.36. The van der Waals surface area contributed by atoms with Crippen LogP contribution in [0.15, 0.2) is 42.3 Å². The van der Waals surface area contributed by atoms with Crippen LogP contribution >= 0.6 is 22.9 Å². The second-order valence-electron chi connectivity index (χ2n) is 4.70. The molecule has 0 fully saturated rings. The largest absolute Gasteiger partial charge is 0.351 e. The Hall–Kier alpha value is -1.91. The number of thiophene rings is 1. The molecule has 1 aromatic carbocycles. The van der Waals surface area contributed by atoms with E-state index in [9.17, 15) is 0 Å². The minimum Gasteiger partial charge on any atom is -0.351 e. The van der Waals surface area contributed by atoms with Crippen LogP contribution in [0.5, 0.6) is 0 Å². The van der Waals surface area contributed by atoms with E-state index in [1.54, 1.807) is 17.4 Å². The normalized spacial score (nSPS) is 10.8.